The third-order valence-corrected chi connectivity index (χ3v) is 4.91. The average Bonchev–Trinajstić information content (AvgIpc) is 2.57. The van der Waals surface area contributed by atoms with Crippen molar-refractivity contribution < 1.29 is 4.79 Å². The number of carbonyl (C=O) groups excluding carboxylic acids is 1. The van der Waals surface area contributed by atoms with Crippen molar-refractivity contribution in [3.05, 3.63) is 49.8 Å². The van der Waals surface area contributed by atoms with Gasteiger partial charge in [-0.05, 0) is 28.1 Å². The van der Waals surface area contributed by atoms with E-state index >= 15 is 0 Å². The maximum absolute atomic E-state index is 12.6. The van der Waals surface area contributed by atoms with Crippen molar-refractivity contribution in [1.29, 1.82) is 0 Å². The van der Waals surface area contributed by atoms with Crippen LogP contribution in [0.3, 0.4) is 0 Å². The van der Waals surface area contributed by atoms with Crippen molar-refractivity contribution in [2.75, 3.05) is 31.1 Å². The molecule has 0 radical (unpaired) electrons. The van der Waals surface area contributed by atoms with Crippen LogP contribution in [-0.4, -0.2) is 47.0 Å². The van der Waals surface area contributed by atoms with Crippen LogP contribution in [0, 0.1) is 0 Å². The minimum Gasteiger partial charge on any atom is -0.352 e. The van der Waals surface area contributed by atoms with E-state index in [1.807, 2.05) is 4.90 Å². The molecule has 1 amide bonds. The summed E-state index contributed by atoms with van der Waals surface area (Å²) in [5.41, 5.74) is 0.391. The summed E-state index contributed by atoms with van der Waals surface area (Å²) in [6.07, 6.45) is 3.12. The van der Waals surface area contributed by atoms with Crippen molar-refractivity contribution in [3.8, 4) is 0 Å². The number of hydrogen-bond donors (Lipinski definition) is 0. The molecule has 1 saturated heterocycles. The highest BCUT2D eigenvalue weighted by molar-refractivity contribution is 9.10. The molecule has 3 heterocycles. The SMILES string of the molecule is O=C(c1cc(Br)cnc1Cl)N1CCN(c2ncc(Cl)cc2Cl)CC1. The molecule has 126 valence electrons. The van der Waals surface area contributed by atoms with Crippen molar-refractivity contribution in [1.82, 2.24) is 14.9 Å². The van der Waals surface area contributed by atoms with Gasteiger partial charge in [-0.3, -0.25) is 4.79 Å². The summed E-state index contributed by atoms with van der Waals surface area (Å²) in [5, 5.41) is 1.20. The molecule has 0 bridgehead atoms. The van der Waals surface area contributed by atoms with E-state index < -0.39 is 0 Å². The number of amides is 1. The Hall–Kier alpha value is -1.08. The van der Waals surface area contributed by atoms with E-state index in [0.29, 0.717) is 52.1 Å². The van der Waals surface area contributed by atoms with E-state index in [0.717, 1.165) is 0 Å². The largest absolute Gasteiger partial charge is 0.352 e. The van der Waals surface area contributed by atoms with E-state index in [1.54, 1.807) is 29.4 Å². The summed E-state index contributed by atoms with van der Waals surface area (Å²) in [6, 6.07) is 3.34. The fourth-order valence-electron chi connectivity index (χ4n) is 2.50. The fraction of sp³-hybridized carbons (Fsp3) is 0.267. The second-order valence-electron chi connectivity index (χ2n) is 5.23. The van der Waals surface area contributed by atoms with Crippen LogP contribution in [0.1, 0.15) is 10.4 Å². The van der Waals surface area contributed by atoms with Gasteiger partial charge in [0.2, 0.25) is 0 Å². The van der Waals surface area contributed by atoms with Crippen molar-refractivity contribution in [2.45, 2.75) is 0 Å². The van der Waals surface area contributed by atoms with Gasteiger partial charge in [-0.1, -0.05) is 34.8 Å². The molecule has 0 atom stereocenters. The molecule has 3 rings (SSSR count). The molecule has 2 aromatic heterocycles. The summed E-state index contributed by atoms with van der Waals surface area (Å²) in [4.78, 5) is 24.7. The van der Waals surface area contributed by atoms with Gasteiger partial charge < -0.3 is 9.80 Å². The molecular weight excluding hydrogens is 438 g/mol. The summed E-state index contributed by atoms with van der Waals surface area (Å²) in [5.74, 6) is 0.541. The highest BCUT2D eigenvalue weighted by Crippen LogP contribution is 2.27. The third-order valence-electron chi connectivity index (χ3n) is 3.69. The second-order valence-corrected chi connectivity index (χ2v) is 7.35. The van der Waals surface area contributed by atoms with E-state index in [9.17, 15) is 4.79 Å². The Morgan fingerprint density at radius 2 is 1.75 bits per heavy atom. The summed E-state index contributed by atoms with van der Waals surface area (Å²) >= 11 is 21.4. The fourth-order valence-corrected chi connectivity index (χ4v) is 3.52. The maximum atomic E-state index is 12.6. The molecule has 1 aliphatic rings. The highest BCUT2D eigenvalue weighted by atomic mass is 79.9. The lowest BCUT2D eigenvalue weighted by molar-refractivity contribution is 0.0746. The summed E-state index contributed by atoms with van der Waals surface area (Å²) < 4.78 is 0.714. The second kappa shape index (κ2) is 7.44. The molecule has 5 nitrogen and oxygen atoms in total. The molecule has 24 heavy (non-hydrogen) atoms. The van der Waals surface area contributed by atoms with Gasteiger partial charge in [0.25, 0.3) is 5.91 Å². The van der Waals surface area contributed by atoms with Gasteiger partial charge >= 0.3 is 0 Å². The Morgan fingerprint density at radius 3 is 2.42 bits per heavy atom. The molecule has 0 N–H and O–H groups in total. The van der Waals surface area contributed by atoms with Gasteiger partial charge in [-0.2, -0.15) is 0 Å². The lowest BCUT2D eigenvalue weighted by Gasteiger charge is -2.35. The number of rotatable bonds is 2. The molecule has 0 spiro atoms. The predicted octanol–water partition coefficient (Wildman–Crippen LogP) is 4.16. The van der Waals surface area contributed by atoms with E-state index in [1.165, 1.54) is 0 Å². The molecule has 0 aliphatic carbocycles. The molecule has 9 heteroatoms. The third kappa shape index (κ3) is 3.77. The number of pyridine rings is 2. The molecule has 1 fully saturated rings. The average molecular weight is 451 g/mol. The van der Waals surface area contributed by atoms with Crippen LogP contribution < -0.4 is 4.90 Å². The number of anilines is 1. The Bertz CT molecular complexity index is 781. The topological polar surface area (TPSA) is 49.3 Å². The van der Waals surface area contributed by atoms with Gasteiger partial charge in [-0.25, -0.2) is 9.97 Å². The number of piperazine rings is 1. The summed E-state index contributed by atoms with van der Waals surface area (Å²) in [6.45, 7) is 2.34. The zero-order valence-corrected chi connectivity index (χ0v) is 16.2. The lowest BCUT2D eigenvalue weighted by atomic mass is 10.2. The normalized spacial score (nSPS) is 14.8. The van der Waals surface area contributed by atoms with Gasteiger partial charge in [0.1, 0.15) is 11.0 Å². The molecule has 0 aromatic carbocycles. The van der Waals surface area contributed by atoms with Gasteiger partial charge in [0, 0.05) is 43.0 Å². The quantitative estimate of drug-likeness (QED) is 0.645. The van der Waals surface area contributed by atoms with Crippen LogP contribution in [0.2, 0.25) is 15.2 Å². The van der Waals surface area contributed by atoms with Gasteiger partial charge in [0.15, 0.2) is 0 Å². The zero-order chi connectivity index (χ0) is 17.3. The van der Waals surface area contributed by atoms with Crippen LogP contribution >= 0.6 is 50.7 Å². The standard InChI is InChI=1S/C15H12BrCl3N4O/c16-9-5-11(13(19)20-7-9)15(24)23-3-1-22(2-4-23)14-12(18)6-10(17)8-21-14/h5-8H,1-4H2. The van der Waals surface area contributed by atoms with Gasteiger partial charge in [-0.15, -0.1) is 0 Å². The Kier molecular flexibility index (Phi) is 5.49. The summed E-state index contributed by atoms with van der Waals surface area (Å²) in [7, 11) is 0. The van der Waals surface area contributed by atoms with Crippen molar-refractivity contribution >= 4 is 62.5 Å². The highest BCUT2D eigenvalue weighted by Gasteiger charge is 2.25. The zero-order valence-electron chi connectivity index (χ0n) is 12.3. The first kappa shape index (κ1) is 17.7. The van der Waals surface area contributed by atoms with E-state index in [-0.39, 0.29) is 11.1 Å². The first-order valence-electron chi connectivity index (χ1n) is 7.12. The number of halogens is 4. The lowest BCUT2D eigenvalue weighted by Crippen LogP contribution is -2.49. The van der Waals surface area contributed by atoms with Crippen LogP contribution in [0.5, 0.6) is 0 Å². The number of hydrogen-bond acceptors (Lipinski definition) is 4. The minimum absolute atomic E-state index is 0.136. The van der Waals surface area contributed by atoms with Crippen LogP contribution in [0.15, 0.2) is 29.0 Å². The monoisotopic (exact) mass is 448 g/mol. The predicted molar refractivity (Wildman–Crippen MR) is 99.3 cm³/mol. The number of carbonyl (C=O) groups is 1. The Labute approximate surface area is 162 Å². The van der Waals surface area contributed by atoms with Crippen molar-refractivity contribution in [3.63, 3.8) is 0 Å². The smallest absolute Gasteiger partial charge is 0.257 e. The Balaban J connectivity index is 1.70. The molecule has 0 saturated carbocycles. The van der Waals surface area contributed by atoms with Crippen LogP contribution in [-0.2, 0) is 0 Å². The Morgan fingerprint density at radius 1 is 1.04 bits per heavy atom. The molecule has 1 aliphatic heterocycles. The number of nitrogens with zero attached hydrogens (tertiary/aromatic N) is 4. The molecular formula is C15H12BrCl3N4O. The molecule has 0 unspecified atom stereocenters. The van der Waals surface area contributed by atoms with Crippen LogP contribution in [0.4, 0.5) is 5.82 Å². The number of aromatic nitrogens is 2. The van der Waals surface area contributed by atoms with Gasteiger partial charge in [0.05, 0.1) is 15.6 Å². The van der Waals surface area contributed by atoms with E-state index in [4.69, 9.17) is 34.8 Å². The maximum Gasteiger partial charge on any atom is 0.257 e. The van der Waals surface area contributed by atoms with Crippen LogP contribution in [0.25, 0.3) is 0 Å². The minimum atomic E-state index is -0.136. The first-order chi connectivity index (χ1) is 11.5. The van der Waals surface area contributed by atoms with E-state index in [2.05, 4.69) is 25.9 Å². The first-order valence-corrected chi connectivity index (χ1v) is 9.04. The molecule has 2 aromatic rings. The van der Waals surface area contributed by atoms with Crippen molar-refractivity contribution in [2.24, 2.45) is 0 Å².